The van der Waals surface area contributed by atoms with Crippen LogP contribution >= 0.6 is 15.9 Å². The molecule has 0 bridgehead atoms. The molecule has 0 amide bonds. The summed E-state index contributed by atoms with van der Waals surface area (Å²) in [5, 5.41) is 20.6. The van der Waals surface area contributed by atoms with Crippen LogP contribution < -0.4 is 5.32 Å². The van der Waals surface area contributed by atoms with E-state index in [-0.39, 0.29) is 5.76 Å². The SMILES string of the molecule is N#Cc1ccc(NCc2ccc(C(=O)O)o2)c(Br)c1. The van der Waals surface area contributed by atoms with E-state index in [1.54, 1.807) is 24.3 Å². The van der Waals surface area contributed by atoms with Crippen molar-refractivity contribution < 1.29 is 14.3 Å². The molecule has 2 rings (SSSR count). The molecule has 0 saturated heterocycles. The topological polar surface area (TPSA) is 86.3 Å². The zero-order chi connectivity index (χ0) is 13.8. The Hall–Kier alpha value is -2.26. The minimum atomic E-state index is -1.09. The van der Waals surface area contributed by atoms with Crippen molar-refractivity contribution in [1.29, 1.82) is 5.26 Å². The van der Waals surface area contributed by atoms with Crippen LogP contribution in [0.15, 0.2) is 39.2 Å². The van der Waals surface area contributed by atoms with E-state index in [1.165, 1.54) is 6.07 Å². The number of halogens is 1. The maximum Gasteiger partial charge on any atom is 0.371 e. The van der Waals surface area contributed by atoms with E-state index in [4.69, 9.17) is 14.8 Å². The van der Waals surface area contributed by atoms with Gasteiger partial charge in [0.1, 0.15) is 5.76 Å². The second-order valence-electron chi connectivity index (χ2n) is 3.73. The van der Waals surface area contributed by atoms with E-state index in [9.17, 15) is 4.79 Å². The van der Waals surface area contributed by atoms with Gasteiger partial charge in [-0.1, -0.05) is 0 Å². The monoisotopic (exact) mass is 320 g/mol. The lowest BCUT2D eigenvalue weighted by molar-refractivity contribution is 0.0660. The highest BCUT2D eigenvalue weighted by Crippen LogP contribution is 2.24. The zero-order valence-electron chi connectivity index (χ0n) is 9.68. The van der Waals surface area contributed by atoms with Crippen molar-refractivity contribution in [2.75, 3.05) is 5.32 Å². The number of nitriles is 1. The van der Waals surface area contributed by atoms with Crippen LogP contribution in [0, 0.1) is 11.3 Å². The third kappa shape index (κ3) is 3.14. The molecule has 0 atom stereocenters. The van der Waals surface area contributed by atoms with Crippen molar-refractivity contribution in [3.63, 3.8) is 0 Å². The van der Waals surface area contributed by atoms with Gasteiger partial charge >= 0.3 is 5.97 Å². The van der Waals surface area contributed by atoms with Crippen LogP contribution in [0.5, 0.6) is 0 Å². The second-order valence-corrected chi connectivity index (χ2v) is 4.59. The predicted octanol–water partition coefficient (Wildman–Crippen LogP) is 3.22. The summed E-state index contributed by atoms with van der Waals surface area (Å²) >= 11 is 3.35. The standard InChI is InChI=1S/C13H9BrN2O3/c14-10-5-8(6-15)1-3-11(10)16-7-9-2-4-12(19-9)13(17)18/h1-5,16H,7H2,(H,17,18). The molecule has 1 aromatic carbocycles. The Balaban J connectivity index is 2.06. The van der Waals surface area contributed by atoms with Crippen molar-refractivity contribution in [2.24, 2.45) is 0 Å². The summed E-state index contributed by atoms with van der Waals surface area (Å²) in [6.07, 6.45) is 0. The molecule has 0 aliphatic rings. The molecule has 96 valence electrons. The van der Waals surface area contributed by atoms with Gasteiger partial charge in [0, 0.05) is 10.2 Å². The Morgan fingerprint density at radius 2 is 2.21 bits per heavy atom. The van der Waals surface area contributed by atoms with Crippen LogP contribution in [0.4, 0.5) is 5.69 Å². The van der Waals surface area contributed by atoms with Gasteiger partial charge in [-0.05, 0) is 46.3 Å². The number of furan rings is 1. The Morgan fingerprint density at radius 1 is 1.42 bits per heavy atom. The van der Waals surface area contributed by atoms with E-state index >= 15 is 0 Å². The molecular formula is C13H9BrN2O3. The number of carboxylic acid groups (broad SMARTS) is 1. The average molecular weight is 321 g/mol. The van der Waals surface area contributed by atoms with Crippen molar-refractivity contribution in [3.05, 3.63) is 51.9 Å². The number of hydrogen-bond acceptors (Lipinski definition) is 4. The first kappa shape index (κ1) is 13.2. The van der Waals surface area contributed by atoms with Crippen molar-refractivity contribution >= 4 is 27.6 Å². The molecule has 0 radical (unpaired) electrons. The molecule has 5 nitrogen and oxygen atoms in total. The fraction of sp³-hybridized carbons (Fsp3) is 0.0769. The van der Waals surface area contributed by atoms with E-state index < -0.39 is 5.97 Å². The van der Waals surface area contributed by atoms with Gasteiger partial charge in [-0.25, -0.2) is 4.79 Å². The second kappa shape index (κ2) is 5.59. The lowest BCUT2D eigenvalue weighted by Crippen LogP contribution is -1.99. The van der Waals surface area contributed by atoms with E-state index in [0.717, 1.165) is 10.2 Å². The number of carboxylic acids is 1. The largest absolute Gasteiger partial charge is 0.475 e. The quantitative estimate of drug-likeness (QED) is 0.903. The molecule has 0 spiro atoms. The Kier molecular flexibility index (Phi) is 3.88. The Labute approximate surface area is 117 Å². The summed E-state index contributed by atoms with van der Waals surface area (Å²) in [7, 11) is 0. The molecule has 6 heteroatoms. The summed E-state index contributed by atoms with van der Waals surface area (Å²) in [5.41, 5.74) is 1.36. The van der Waals surface area contributed by atoms with Crippen LogP contribution in [0.1, 0.15) is 21.9 Å². The van der Waals surface area contributed by atoms with E-state index in [2.05, 4.69) is 21.2 Å². The van der Waals surface area contributed by atoms with Gasteiger partial charge < -0.3 is 14.8 Å². The van der Waals surface area contributed by atoms with Crippen LogP contribution in [-0.2, 0) is 6.54 Å². The first-order valence-corrected chi connectivity index (χ1v) is 6.15. The van der Waals surface area contributed by atoms with Gasteiger partial charge in [-0.3, -0.25) is 0 Å². The number of rotatable bonds is 4. The normalized spacial score (nSPS) is 9.89. The maximum atomic E-state index is 10.7. The molecule has 2 N–H and O–H groups in total. The molecule has 1 heterocycles. The van der Waals surface area contributed by atoms with Crippen LogP contribution in [0.25, 0.3) is 0 Å². The van der Waals surface area contributed by atoms with Gasteiger partial charge in [0.15, 0.2) is 0 Å². The molecule has 1 aromatic heterocycles. The highest BCUT2D eigenvalue weighted by atomic mass is 79.9. The van der Waals surface area contributed by atoms with E-state index in [0.29, 0.717) is 17.9 Å². The summed E-state index contributed by atoms with van der Waals surface area (Å²) in [6, 6.07) is 10.2. The highest BCUT2D eigenvalue weighted by molar-refractivity contribution is 9.10. The molecular weight excluding hydrogens is 312 g/mol. The molecule has 0 aliphatic heterocycles. The predicted molar refractivity (Wildman–Crippen MR) is 71.9 cm³/mol. The van der Waals surface area contributed by atoms with Gasteiger partial charge in [0.05, 0.1) is 18.2 Å². The number of carbonyl (C=O) groups is 1. The first-order chi connectivity index (χ1) is 9.10. The highest BCUT2D eigenvalue weighted by Gasteiger charge is 2.09. The third-order valence-electron chi connectivity index (χ3n) is 2.42. The van der Waals surface area contributed by atoms with Gasteiger partial charge in [-0.15, -0.1) is 0 Å². The molecule has 0 saturated carbocycles. The Morgan fingerprint density at radius 3 is 2.79 bits per heavy atom. The molecule has 0 unspecified atom stereocenters. The minimum absolute atomic E-state index is 0.0873. The van der Waals surface area contributed by atoms with Crippen LogP contribution in [-0.4, -0.2) is 11.1 Å². The van der Waals surface area contributed by atoms with Crippen molar-refractivity contribution in [1.82, 2.24) is 0 Å². The summed E-state index contributed by atoms with van der Waals surface area (Å²) in [4.78, 5) is 10.7. The first-order valence-electron chi connectivity index (χ1n) is 5.35. The number of benzene rings is 1. The number of hydrogen-bond donors (Lipinski definition) is 2. The molecule has 2 aromatic rings. The number of anilines is 1. The lowest BCUT2D eigenvalue weighted by Gasteiger charge is -2.06. The molecule has 0 fully saturated rings. The minimum Gasteiger partial charge on any atom is -0.475 e. The van der Waals surface area contributed by atoms with Gasteiger partial charge in [0.2, 0.25) is 5.76 Å². The lowest BCUT2D eigenvalue weighted by atomic mass is 10.2. The summed E-state index contributed by atoms with van der Waals surface area (Å²) in [5.74, 6) is -0.657. The maximum absolute atomic E-state index is 10.7. The van der Waals surface area contributed by atoms with Gasteiger partial charge in [-0.2, -0.15) is 5.26 Å². The fourth-order valence-electron chi connectivity index (χ4n) is 1.50. The molecule has 19 heavy (non-hydrogen) atoms. The third-order valence-corrected chi connectivity index (χ3v) is 3.08. The van der Waals surface area contributed by atoms with Crippen molar-refractivity contribution in [2.45, 2.75) is 6.54 Å². The summed E-state index contributed by atoms with van der Waals surface area (Å²) < 4.78 is 5.88. The number of nitrogens with one attached hydrogen (secondary N) is 1. The fourth-order valence-corrected chi connectivity index (χ4v) is 2.02. The van der Waals surface area contributed by atoms with Crippen LogP contribution in [0.2, 0.25) is 0 Å². The molecule has 0 aliphatic carbocycles. The summed E-state index contributed by atoms with van der Waals surface area (Å²) in [6.45, 7) is 0.359. The average Bonchev–Trinajstić information content (AvgIpc) is 2.86. The van der Waals surface area contributed by atoms with E-state index in [1.807, 2.05) is 6.07 Å². The van der Waals surface area contributed by atoms with Crippen molar-refractivity contribution in [3.8, 4) is 6.07 Å². The Bertz CT molecular complexity index is 658. The number of nitrogens with zero attached hydrogens (tertiary/aromatic N) is 1. The smallest absolute Gasteiger partial charge is 0.371 e. The zero-order valence-corrected chi connectivity index (χ0v) is 11.3. The van der Waals surface area contributed by atoms with Crippen LogP contribution in [0.3, 0.4) is 0 Å². The van der Waals surface area contributed by atoms with Gasteiger partial charge in [0.25, 0.3) is 0 Å². The number of aromatic carboxylic acids is 1.